The average Bonchev–Trinajstić information content (AvgIpc) is 2.41. The molecule has 0 aromatic heterocycles. The van der Waals surface area contributed by atoms with Crippen LogP contribution in [0.3, 0.4) is 0 Å². The number of carbonyl (C=O) groups excluding carboxylic acids is 1. The van der Waals surface area contributed by atoms with E-state index in [1.165, 1.54) is 0 Å². The molecular weight excluding hydrogens is 166 g/mol. The topological polar surface area (TPSA) is 49.3 Å². The van der Waals surface area contributed by atoms with Crippen LogP contribution < -0.4 is 5.32 Å². The van der Waals surface area contributed by atoms with Crippen molar-refractivity contribution in [3.8, 4) is 0 Å². The third-order valence-electron chi connectivity index (χ3n) is 3.52. The van der Waals surface area contributed by atoms with Crippen molar-refractivity contribution < 1.29 is 9.90 Å². The molecule has 0 radical (unpaired) electrons. The fourth-order valence-electron chi connectivity index (χ4n) is 2.42. The molecule has 13 heavy (non-hydrogen) atoms. The van der Waals surface area contributed by atoms with Crippen LogP contribution in [0.1, 0.15) is 45.4 Å². The van der Waals surface area contributed by atoms with Crippen LogP contribution in [-0.2, 0) is 4.79 Å². The molecule has 1 aliphatic heterocycles. The normalized spacial score (nSPS) is 45.2. The standard InChI is InChI=1S/C10H17NO2/c1-9(13)4-6-10(7-5-9)3-2-8(12)11-10/h13H,2-7H2,1H3,(H,11,12). The maximum absolute atomic E-state index is 11.1. The number of carbonyl (C=O) groups is 1. The Morgan fingerprint density at radius 3 is 2.31 bits per heavy atom. The lowest BCUT2D eigenvalue weighted by molar-refractivity contribution is -0.120. The van der Waals surface area contributed by atoms with Crippen molar-refractivity contribution in [2.75, 3.05) is 0 Å². The fourth-order valence-corrected chi connectivity index (χ4v) is 2.42. The zero-order valence-electron chi connectivity index (χ0n) is 8.10. The summed E-state index contributed by atoms with van der Waals surface area (Å²) in [5.41, 5.74) is -0.460. The van der Waals surface area contributed by atoms with Gasteiger partial charge in [0, 0.05) is 12.0 Å². The molecule has 3 nitrogen and oxygen atoms in total. The molecule has 1 spiro atoms. The molecule has 0 atom stereocenters. The maximum atomic E-state index is 11.1. The van der Waals surface area contributed by atoms with E-state index in [9.17, 15) is 9.90 Å². The van der Waals surface area contributed by atoms with Crippen LogP contribution in [0, 0.1) is 0 Å². The molecule has 74 valence electrons. The molecule has 0 bridgehead atoms. The average molecular weight is 183 g/mol. The number of aliphatic hydroxyl groups is 1. The molecule has 2 rings (SSSR count). The molecule has 1 saturated heterocycles. The van der Waals surface area contributed by atoms with Gasteiger partial charge in [-0.2, -0.15) is 0 Å². The Hall–Kier alpha value is -0.570. The second-order valence-electron chi connectivity index (χ2n) is 4.83. The number of hydrogen-bond donors (Lipinski definition) is 2. The number of amides is 1. The zero-order chi connectivity index (χ0) is 9.53. The highest BCUT2D eigenvalue weighted by Gasteiger charge is 2.43. The van der Waals surface area contributed by atoms with Gasteiger partial charge in [0.15, 0.2) is 0 Å². The Kier molecular flexibility index (Phi) is 1.88. The molecule has 1 amide bonds. The van der Waals surface area contributed by atoms with Crippen molar-refractivity contribution in [2.45, 2.75) is 56.6 Å². The largest absolute Gasteiger partial charge is 0.390 e. The van der Waals surface area contributed by atoms with E-state index in [-0.39, 0.29) is 11.4 Å². The third kappa shape index (κ3) is 1.70. The second-order valence-corrected chi connectivity index (χ2v) is 4.83. The van der Waals surface area contributed by atoms with Crippen LogP contribution in [-0.4, -0.2) is 22.2 Å². The first-order valence-corrected chi connectivity index (χ1v) is 5.05. The minimum Gasteiger partial charge on any atom is -0.390 e. The van der Waals surface area contributed by atoms with Crippen LogP contribution >= 0.6 is 0 Å². The van der Waals surface area contributed by atoms with Gasteiger partial charge < -0.3 is 10.4 Å². The van der Waals surface area contributed by atoms with Crippen molar-refractivity contribution >= 4 is 5.91 Å². The zero-order valence-corrected chi connectivity index (χ0v) is 8.10. The molecule has 1 saturated carbocycles. The molecule has 1 aliphatic carbocycles. The van der Waals surface area contributed by atoms with Gasteiger partial charge in [0.1, 0.15) is 0 Å². The summed E-state index contributed by atoms with van der Waals surface area (Å²) in [6, 6.07) is 0. The summed E-state index contributed by atoms with van der Waals surface area (Å²) in [6.45, 7) is 1.89. The Morgan fingerprint density at radius 1 is 1.23 bits per heavy atom. The van der Waals surface area contributed by atoms with Crippen LogP contribution in [0.25, 0.3) is 0 Å². The lowest BCUT2D eigenvalue weighted by Gasteiger charge is -2.40. The van der Waals surface area contributed by atoms with Crippen LogP contribution in [0.5, 0.6) is 0 Å². The molecule has 0 aromatic carbocycles. The van der Waals surface area contributed by atoms with E-state index >= 15 is 0 Å². The van der Waals surface area contributed by atoms with Gasteiger partial charge >= 0.3 is 0 Å². The molecule has 1 heterocycles. The van der Waals surface area contributed by atoms with Crippen molar-refractivity contribution in [2.24, 2.45) is 0 Å². The first kappa shape index (κ1) is 9.00. The fraction of sp³-hybridized carbons (Fsp3) is 0.900. The number of rotatable bonds is 0. The Morgan fingerprint density at radius 2 is 1.85 bits per heavy atom. The van der Waals surface area contributed by atoms with E-state index in [0.29, 0.717) is 6.42 Å². The van der Waals surface area contributed by atoms with Crippen molar-refractivity contribution in [1.29, 1.82) is 0 Å². The van der Waals surface area contributed by atoms with Gasteiger partial charge in [0.25, 0.3) is 0 Å². The van der Waals surface area contributed by atoms with Gasteiger partial charge in [0.2, 0.25) is 5.91 Å². The first-order valence-electron chi connectivity index (χ1n) is 5.05. The van der Waals surface area contributed by atoms with E-state index < -0.39 is 5.60 Å². The van der Waals surface area contributed by atoms with Gasteiger partial charge in [-0.05, 0) is 39.0 Å². The Bertz CT molecular complexity index is 225. The molecule has 2 aliphatic rings. The van der Waals surface area contributed by atoms with E-state index in [2.05, 4.69) is 5.32 Å². The van der Waals surface area contributed by atoms with Crippen LogP contribution in [0.4, 0.5) is 0 Å². The minimum atomic E-state index is -0.501. The SMILES string of the molecule is CC1(O)CCC2(CCC(=O)N2)CC1. The van der Waals surface area contributed by atoms with Gasteiger partial charge in [0.05, 0.1) is 5.60 Å². The summed E-state index contributed by atoms with van der Waals surface area (Å²) < 4.78 is 0. The highest BCUT2D eigenvalue weighted by atomic mass is 16.3. The highest BCUT2D eigenvalue weighted by Crippen LogP contribution is 2.39. The van der Waals surface area contributed by atoms with E-state index in [4.69, 9.17) is 0 Å². The number of hydrogen-bond acceptors (Lipinski definition) is 2. The van der Waals surface area contributed by atoms with E-state index in [0.717, 1.165) is 32.1 Å². The molecule has 0 unspecified atom stereocenters. The minimum absolute atomic E-state index is 0.0410. The first-order chi connectivity index (χ1) is 6.02. The predicted molar refractivity (Wildman–Crippen MR) is 49.2 cm³/mol. The third-order valence-corrected chi connectivity index (χ3v) is 3.52. The monoisotopic (exact) mass is 183 g/mol. The molecule has 2 fully saturated rings. The lowest BCUT2D eigenvalue weighted by atomic mass is 9.74. The maximum Gasteiger partial charge on any atom is 0.220 e. The van der Waals surface area contributed by atoms with Crippen molar-refractivity contribution in [3.63, 3.8) is 0 Å². The van der Waals surface area contributed by atoms with Crippen LogP contribution in [0.15, 0.2) is 0 Å². The Labute approximate surface area is 78.5 Å². The highest BCUT2D eigenvalue weighted by molar-refractivity contribution is 5.79. The summed E-state index contributed by atoms with van der Waals surface area (Å²) in [7, 11) is 0. The van der Waals surface area contributed by atoms with Crippen molar-refractivity contribution in [1.82, 2.24) is 5.32 Å². The van der Waals surface area contributed by atoms with Gasteiger partial charge in [-0.1, -0.05) is 0 Å². The van der Waals surface area contributed by atoms with Crippen molar-refractivity contribution in [3.05, 3.63) is 0 Å². The van der Waals surface area contributed by atoms with E-state index in [1.807, 2.05) is 6.92 Å². The second kappa shape index (κ2) is 2.71. The summed E-state index contributed by atoms with van der Waals surface area (Å²) in [5, 5.41) is 12.8. The Balaban J connectivity index is 2.01. The number of nitrogens with one attached hydrogen (secondary N) is 1. The molecule has 0 aromatic rings. The van der Waals surface area contributed by atoms with Gasteiger partial charge in [-0.25, -0.2) is 0 Å². The quantitative estimate of drug-likeness (QED) is 0.587. The molecule has 3 heteroatoms. The predicted octanol–water partition coefficient (Wildman–Crippen LogP) is 0.960. The lowest BCUT2D eigenvalue weighted by Crippen LogP contribution is -2.48. The van der Waals surface area contributed by atoms with E-state index in [1.54, 1.807) is 0 Å². The molecular formula is C10H17NO2. The smallest absolute Gasteiger partial charge is 0.220 e. The molecule has 2 N–H and O–H groups in total. The summed E-state index contributed by atoms with van der Waals surface area (Å²) in [4.78, 5) is 11.1. The summed E-state index contributed by atoms with van der Waals surface area (Å²) in [6.07, 6.45) is 5.13. The summed E-state index contributed by atoms with van der Waals surface area (Å²) in [5.74, 6) is 0.182. The van der Waals surface area contributed by atoms with Crippen LogP contribution in [0.2, 0.25) is 0 Å². The van der Waals surface area contributed by atoms with Gasteiger partial charge in [-0.15, -0.1) is 0 Å². The summed E-state index contributed by atoms with van der Waals surface area (Å²) >= 11 is 0. The van der Waals surface area contributed by atoms with Gasteiger partial charge in [-0.3, -0.25) is 4.79 Å².